The summed E-state index contributed by atoms with van der Waals surface area (Å²) in [5, 5.41) is 2.47. The minimum absolute atomic E-state index is 0.742. The lowest BCUT2D eigenvalue weighted by molar-refractivity contribution is 1.26. The average molecular weight is 447 g/mol. The number of aromatic amines is 1. The van der Waals surface area contributed by atoms with Crippen LogP contribution in [0.3, 0.4) is 0 Å². The van der Waals surface area contributed by atoms with Crippen LogP contribution in [0.1, 0.15) is 16.7 Å². The highest BCUT2D eigenvalue weighted by molar-refractivity contribution is 9.11. The lowest BCUT2D eigenvalue weighted by Crippen LogP contribution is -1.92. The van der Waals surface area contributed by atoms with Crippen LogP contribution in [0.25, 0.3) is 21.8 Å². The largest absolute Gasteiger partial charge is 0.332 e. The number of halogens is 3. The Labute approximate surface area is 136 Å². The lowest BCUT2D eigenvalue weighted by atomic mass is 9.96. The summed E-state index contributed by atoms with van der Waals surface area (Å²) in [6.07, 6.45) is 0. The molecule has 0 saturated carbocycles. The van der Waals surface area contributed by atoms with Gasteiger partial charge in [-0.1, -0.05) is 6.07 Å². The van der Waals surface area contributed by atoms with E-state index in [4.69, 9.17) is 0 Å². The molecule has 0 aliphatic rings. The Kier molecular flexibility index (Phi) is 3.27. The number of benzene rings is 2. The second kappa shape index (κ2) is 4.57. The van der Waals surface area contributed by atoms with Gasteiger partial charge in [0.2, 0.25) is 0 Å². The first kappa shape index (κ1) is 13.6. The molecule has 5 heteroatoms. The smallest absolute Gasteiger partial charge is 0.175 e. The molecule has 0 spiro atoms. The minimum Gasteiger partial charge on any atom is -0.332 e. The fourth-order valence-electron chi connectivity index (χ4n) is 2.55. The molecule has 19 heavy (non-hydrogen) atoms. The van der Waals surface area contributed by atoms with E-state index in [1.165, 1.54) is 27.5 Å². The molecule has 0 bridgehead atoms. The Morgan fingerprint density at radius 3 is 2.32 bits per heavy atom. The van der Waals surface area contributed by atoms with Crippen LogP contribution in [0.5, 0.6) is 0 Å². The van der Waals surface area contributed by atoms with E-state index in [0.29, 0.717) is 0 Å². The number of aromatic nitrogens is 2. The predicted octanol–water partition coefficient (Wildman–Crippen LogP) is 5.93. The van der Waals surface area contributed by atoms with Crippen molar-refractivity contribution in [2.45, 2.75) is 20.8 Å². The van der Waals surface area contributed by atoms with Crippen molar-refractivity contribution in [3.8, 4) is 0 Å². The van der Waals surface area contributed by atoms with E-state index >= 15 is 0 Å². The van der Waals surface area contributed by atoms with Crippen molar-refractivity contribution in [2.24, 2.45) is 0 Å². The van der Waals surface area contributed by atoms with Crippen LogP contribution in [0.15, 0.2) is 19.7 Å². The van der Waals surface area contributed by atoms with Gasteiger partial charge in [0.25, 0.3) is 0 Å². The highest BCUT2D eigenvalue weighted by atomic mass is 79.9. The van der Waals surface area contributed by atoms with Crippen LogP contribution >= 0.6 is 47.8 Å². The van der Waals surface area contributed by atoms with Gasteiger partial charge in [-0.3, -0.25) is 0 Å². The van der Waals surface area contributed by atoms with Crippen molar-refractivity contribution in [2.75, 3.05) is 0 Å². The normalized spacial score (nSPS) is 11.7. The second-order valence-corrected chi connectivity index (χ2v) is 7.10. The van der Waals surface area contributed by atoms with Crippen molar-refractivity contribution in [1.29, 1.82) is 0 Å². The van der Waals surface area contributed by atoms with Crippen molar-refractivity contribution in [3.63, 3.8) is 0 Å². The number of rotatable bonds is 0. The van der Waals surface area contributed by atoms with Crippen LogP contribution in [0.2, 0.25) is 0 Å². The van der Waals surface area contributed by atoms with Crippen molar-refractivity contribution in [3.05, 3.63) is 36.4 Å². The third-order valence-corrected chi connectivity index (χ3v) is 5.53. The van der Waals surface area contributed by atoms with E-state index in [9.17, 15) is 0 Å². The molecule has 98 valence electrons. The highest BCUT2D eigenvalue weighted by Crippen LogP contribution is 2.42. The van der Waals surface area contributed by atoms with E-state index in [2.05, 4.69) is 84.6 Å². The number of aryl methyl sites for hydroxylation is 3. The number of hydrogen-bond acceptors (Lipinski definition) is 1. The second-order valence-electron chi connectivity index (χ2n) is 4.76. The van der Waals surface area contributed by atoms with Crippen molar-refractivity contribution >= 4 is 69.6 Å². The first-order valence-corrected chi connectivity index (χ1v) is 8.22. The highest BCUT2D eigenvalue weighted by Gasteiger charge is 2.18. The van der Waals surface area contributed by atoms with Crippen molar-refractivity contribution in [1.82, 2.24) is 9.97 Å². The number of nitrogens with one attached hydrogen (secondary N) is 1. The van der Waals surface area contributed by atoms with E-state index in [0.717, 1.165) is 24.7 Å². The summed E-state index contributed by atoms with van der Waals surface area (Å²) in [4.78, 5) is 7.76. The van der Waals surface area contributed by atoms with Crippen molar-refractivity contribution < 1.29 is 0 Å². The topological polar surface area (TPSA) is 28.7 Å². The zero-order valence-corrected chi connectivity index (χ0v) is 15.4. The van der Waals surface area contributed by atoms with Gasteiger partial charge in [-0.15, -0.1) is 0 Å². The number of imidazole rings is 1. The Morgan fingerprint density at radius 2 is 1.63 bits per heavy atom. The van der Waals surface area contributed by atoms with Gasteiger partial charge in [0.05, 0.1) is 14.5 Å². The lowest BCUT2D eigenvalue weighted by Gasteiger charge is -2.13. The molecule has 2 aromatic carbocycles. The summed E-state index contributed by atoms with van der Waals surface area (Å²) in [5.41, 5.74) is 5.81. The maximum Gasteiger partial charge on any atom is 0.175 e. The Balaban J connectivity index is 2.71. The Hall–Kier alpha value is -0.390. The summed E-state index contributed by atoms with van der Waals surface area (Å²) in [6, 6.07) is 2.22. The minimum atomic E-state index is 0.742. The van der Waals surface area contributed by atoms with Gasteiger partial charge in [-0.05, 0) is 85.3 Å². The van der Waals surface area contributed by atoms with E-state index < -0.39 is 0 Å². The summed E-state index contributed by atoms with van der Waals surface area (Å²) >= 11 is 10.9. The molecule has 0 radical (unpaired) electrons. The molecular weight excluding hydrogens is 436 g/mol. The van der Waals surface area contributed by atoms with Gasteiger partial charge in [0.1, 0.15) is 5.52 Å². The van der Waals surface area contributed by atoms with Crippen LogP contribution in [-0.2, 0) is 0 Å². The summed E-state index contributed by atoms with van der Waals surface area (Å²) in [6.45, 7) is 6.44. The third-order valence-electron chi connectivity index (χ3n) is 3.59. The molecule has 1 aromatic heterocycles. The first-order chi connectivity index (χ1) is 8.91. The quantitative estimate of drug-likeness (QED) is 0.455. The van der Waals surface area contributed by atoms with Crippen LogP contribution < -0.4 is 0 Å². The van der Waals surface area contributed by atoms with E-state index in [1.54, 1.807) is 0 Å². The van der Waals surface area contributed by atoms with Gasteiger partial charge in [0.15, 0.2) is 4.73 Å². The fraction of sp³-hybridized carbons (Fsp3) is 0.214. The maximum atomic E-state index is 4.50. The van der Waals surface area contributed by atoms with Crippen LogP contribution in [0.4, 0.5) is 0 Å². The molecule has 3 rings (SSSR count). The zero-order valence-electron chi connectivity index (χ0n) is 10.7. The predicted molar refractivity (Wildman–Crippen MR) is 90.9 cm³/mol. The first-order valence-electron chi connectivity index (χ1n) is 5.84. The standard InChI is InChI=1S/C14H11Br3N2/c1-5-4-6(2)8-9(7(5)3)11(16)13-12(10(8)15)18-14(17)19-13/h4H,1-3H3,(H,18,19). The van der Waals surface area contributed by atoms with Gasteiger partial charge in [0, 0.05) is 10.8 Å². The Morgan fingerprint density at radius 1 is 0.947 bits per heavy atom. The molecule has 2 nitrogen and oxygen atoms in total. The number of hydrogen-bond donors (Lipinski definition) is 1. The molecule has 0 saturated heterocycles. The Bertz CT molecular complexity index is 834. The molecule has 1 heterocycles. The molecule has 0 amide bonds. The average Bonchev–Trinajstić information content (AvgIpc) is 2.73. The van der Waals surface area contributed by atoms with Gasteiger partial charge in [-0.2, -0.15) is 0 Å². The molecular formula is C14H11Br3N2. The summed E-state index contributed by atoms with van der Waals surface area (Å²) < 4.78 is 2.86. The van der Waals surface area contributed by atoms with E-state index in [1.807, 2.05) is 0 Å². The SMILES string of the molecule is Cc1cc(C)c2c(Br)c3nc(Br)[nH]c3c(Br)c2c1C. The molecule has 0 unspecified atom stereocenters. The molecule has 0 fully saturated rings. The third kappa shape index (κ3) is 1.89. The van der Waals surface area contributed by atoms with Crippen LogP contribution in [0, 0.1) is 20.8 Å². The fourth-order valence-corrected chi connectivity index (χ4v) is 4.51. The molecule has 0 aliphatic carbocycles. The molecule has 3 aromatic rings. The van der Waals surface area contributed by atoms with E-state index in [-0.39, 0.29) is 0 Å². The van der Waals surface area contributed by atoms with Gasteiger partial charge in [-0.25, -0.2) is 4.98 Å². The number of nitrogens with zero attached hydrogens (tertiary/aromatic N) is 1. The van der Waals surface area contributed by atoms with Gasteiger partial charge >= 0.3 is 0 Å². The molecule has 0 atom stereocenters. The molecule has 1 N–H and O–H groups in total. The van der Waals surface area contributed by atoms with Crippen LogP contribution in [-0.4, -0.2) is 9.97 Å². The summed E-state index contributed by atoms with van der Waals surface area (Å²) in [7, 11) is 0. The summed E-state index contributed by atoms with van der Waals surface area (Å²) in [5.74, 6) is 0. The maximum absolute atomic E-state index is 4.50. The number of fused-ring (bicyclic) bond motifs is 2. The zero-order chi connectivity index (χ0) is 13.9. The molecule has 0 aliphatic heterocycles. The van der Waals surface area contributed by atoms with Gasteiger partial charge < -0.3 is 4.98 Å². The monoisotopic (exact) mass is 444 g/mol. The number of H-pyrrole nitrogens is 1.